The fourth-order valence-electron chi connectivity index (χ4n) is 1.81. The Morgan fingerprint density at radius 2 is 1.52 bits per heavy atom. The van der Waals surface area contributed by atoms with Gasteiger partial charge in [-0.3, -0.25) is 9.59 Å². The number of esters is 3. The molecule has 1 N–H and O–H groups in total. The molecule has 1 atom stereocenters. The number of anilines is 1. The van der Waals surface area contributed by atoms with Crippen molar-refractivity contribution in [3.05, 3.63) is 29.3 Å². The monoisotopic (exact) mass is 351 g/mol. The summed E-state index contributed by atoms with van der Waals surface area (Å²) in [5, 5.41) is 2.46. The van der Waals surface area contributed by atoms with Gasteiger partial charge in [0.25, 0.3) is 5.91 Å². The number of carbonyl (C=O) groups is 4. The Kier molecular flexibility index (Phi) is 7.58. The van der Waals surface area contributed by atoms with E-state index in [1.54, 1.807) is 6.92 Å². The van der Waals surface area contributed by atoms with Gasteiger partial charge in [0.2, 0.25) is 0 Å². The number of rotatable bonds is 7. The van der Waals surface area contributed by atoms with Crippen LogP contribution in [-0.2, 0) is 23.8 Å². The molecule has 1 aromatic rings. The first kappa shape index (κ1) is 20.1. The zero-order chi connectivity index (χ0) is 19.0. The minimum atomic E-state index is -0.676. The van der Waals surface area contributed by atoms with Crippen molar-refractivity contribution in [1.82, 2.24) is 0 Å². The van der Waals surface area contributed by atoms with Crippen LogP contribution in [0.15, 0.2) is 18.2 Å². The Morgan fingerprint density at radius 1 is 1.00 bits per heavy atom. The number of nitrogens with one attached hydrogen (secondary N) is 1. The maximum atomic E-state index is 11.9. The summed E-state index contributed by atoms with van der Waals surface area (Å²) < 4.78 is 14.1. The number of hydrogen-bond acceptors (Lipinski definition) is 7. The second-order valence-corrected chi connectivity index (χ2v) is 5.25. The quantitative estimate of drug-likeness (QED) is 0.589. The highest BCUT2D eigenvalue weighted by atomic mass is 16.5. The molecule has 136 valence electrons. The van der Waals surface area contributed by atoms with Crippen molar-refractivity contribution >= 4 is 29.5 Å². The summed E-state index contributed by atoms with van der Waals surface area (Å²) in [6.45, 7) is 3.06. The molecular weight excluding hydrogens is 330 g/mol. The van der Waals surface area contributed by atoms with Crippen molar-refractivity contribution in [3.63, 3.8) is 0 Å². The molecule has 0 saturated carbocycles. The standard InChI is InChI=1S/C17H21NO7/c1-5-10(2)15(20)25-9-14(19)18-13-7-11(16(21)23-3)6-12(8-13)17(22)24-4/h6-8,10H,5,9H2,1-4H3,(H,18,19). The maximum absolute atomic E-state index is 11.9. The first-order chi connectivity index (χ1) is 11.8. The van der Waals surface area contributed by atoms with Crippen molar-refractivity contribution in [2.45, 2.75) is 20.3 Å². The van der Waals surface area contributed by atoms with Gasteiger partial charge in [-0.1, -0.05) is 13.8 Å². The number of ether oxygens (including phenoxy) is 3. The third-order valence-electron chi connectivity index (χ3n) is 3.42. The lowest BCUT2D eigenvalue weighted by atomic mass is 10.1. The Bertz CT molecular complexity index is 635. The summed E-state index contributed by atoms with van der Waals surface area (Å²) in [6.07, 6.45) is 0.601. The van der Waals surface area contributed by atoms with Crippen molar-refractivity contribution < 1.29 is 33.4 Å². The van der Waals surface area contributed by atoms with E-state index in [1.165, 1.54) is 32.4 Å². The summed E-state index contributed by atoms with van der Waals surface area (Å²) >= 11 is 0. The topological polar surface area (TPSA) is 108 Å². The van der Waals surface area contributed by atoms with E-state index in [9.17, 15) is 19.2 Å². The molecule has 8 heteroatoms. The van der Waals surface area contributed by atoms with Crippen LogP contribution in [0, 0.1) is 5.92 Å². The van der Waals surface area contributed by atoms with Crippen molar-refractivity contribution in [1.29, 1.82) is 0 Å². The second-order valence-electron chi connectivity index (χ2n) is 5.25. The molecule has 25 heavy (non-hydrogen) atoms. The molecule has 0 aliphatic carbocycles. The average Bonchev–Trinajstić information content (AvgIpc) is 2.63. The zero-order valence-electron chi connectivity index (χ0n) is 14.6. The smallest absolute Gasteiger partial charge is 0.337 e. The predicted molar refractivity (Wildman–Crippen MR) is 88.2 cm³/mol. The van der Waals surface area contributed by atoms with E-state index < -0.39 is 30.4 Å². The van der Waals surface area contributed by atoms with Crippen LogP contribution in [0.4, 0.5) is 5.69 Å². The summed E-state index contributed by atoms with van der Waals surface area (Å²) in [4.78, 5) is 46.8. The molecule has 0 aliphatic heterocycles. The van der Waals surface area contributed by atoms with Gasteiger partial charge < -0.3 is 19.5 Å². The largest absolute Gasteiger partial charge is 0.465 e. The normalized spacial score (nSPS) is 11.2. The third-order valence-corrected chi connectivity index (χ3v) is 3.42. The van der Waals surface area contributed by atoms with Crippen molar-refractivity contribution in [2.24, 2.45) is 5.92 Å². The Balaban J connectivity index is 2.89. The fraction of sp³-hybridized carbons (Fsp3) is 0.412. The SMILES string of the molecule is CCC(C)C(=O)OCC(=O)Nc1cc(C(=O)OC)cc(C(=O)OC)c1. The molecule has 0 saturated heterocycles. The lowest BCUT2D eigenvalue weighted by Crippen LogP contribution is -2.23. The molecule has 0 aliphatic rings. The Labute approximate surface area is 145 Å². The van der Waals surface area contributed by atoms with Crippen molar-refractivity contribution in [3.8, 4) is 0 Å². The number of benzene rings is 1. The molecule has 0 radical (unpaired) electrons. The Morgan fingerprint density at radius 3 is 1.96 bits per heavy atom. The summed E-state index contributed by atoms with van der Waals surface area (Å²) in [7, 11) is 2.39. The third kappa shape index (κ3) is 5.91. The number of methoxy groups -OCH3 is 2. The number of carbonyl (C=O) groups excluding carboxylic acids is 4. The molecule has 1 unspecified atom stereocenters. The molecule has 0 aromatic heterocycles. The number of amides is 1. The summed E-state index contributed by atoms with van der Waals surface area (Å²) in [6, 6.07) is 3.97. The van der Waals surface area contributed by atoms with Gasteiger partial charge >= 0.3 is 17.9 Å². The van der Waals surface area contributed by atoms with Crippen molar-refractivity contribution in [2.75, 3.05) is 26.1 Å². The van der Waals surface area contributed by atoms with Crippen LogP contribution < -0.4 is 5.32 Å². The van der Waals surface area contributed by atoms with Gasteiger partial charge in [0.05, 0.1) is 31.3 Å². The molecule has 8 nitrogen and oxygen atoms in total. The summed E-state index contributed by atoms with van der Waals surface area (Å²) in [5.41, 5.74) is 0.308. The van der Waals surface area contributed by atoms with Crippen LogP contribution in [0.1, 0.15) is 41.0 Å². The van der Waals surface area contributed by atoms with Crippen LogP contribution in [0.2, 0.25) is 0 Å². The maximum Gasteiger partial charge on any atom is 0.337 e. The van der Waals surface area contributed by atoms with Gasteiger partial charge in [-0.2, -0.15) is 0 Å². The molecule has 0 bridgehead atoms. The van der Waals surface area contributed by atoms with E-state index >= 15 is 0 Å². The molecule has 0 heterocycles. The minimum absolute atomic E-state index is 0.0669. The molecule has 1 amide bonds. The molecule has 0 spiro atoms. The summed E-state index contributed by atoms with van der Waals surface area (Å²) in [5.74, 6) is -2.74. The van der Waals surface area contributed by atoms with E-state index in [4.69, 9.17) is 4.74 Å². The molecule has 1 rings (SSSR count). The van der Waals surface area contributed by atoms with E-state index in [-0.39, 0.29) is 22.7 Å². The van der Waals surface area contributed by atoms with Gasteiger partial charge in [0.1, 0.15) is 0 Å². The molecule has 0 fully saturated rings. The second kappa shape index (κ2) is 9.41. The average molecular weight is 351 g/mol. The highest BCUT2D eigenvalue weighted by Crippen LogP contribution is 2.17. The van der Waals surface area contributed by atoms with Crippen LogP contribution in [0.5, 0.6) is 0 Å². The first-order valence-corrected chi connectivity index (χ1v) is 7.60. The number of hydrogen-bond donors (Lipinski definition) is 1. The van der Waals surface area contributed by atoms with Crippen LogP contribution >= 0.6 is 0 Å². The van der Waals surface area contributed by atoms with Gasteiger partial charge in [0.15, 0.2) is 6.61 Å². The Hall–Kier alpha value is -2.90. The van der Waals surface area contributed by atoms with Gasteiger partial charge in [-0.25, -0.2) is 9.59 Å². The van der Waals surface area contributed by atoms with E-state index in [2.05, 4.69) is 14.8 Å². The van der Waals surface area contributed by atoms with Crippen LogP contribution in [0.25, 0.3) is 0 Å². The lowest BCUT2D eigenvalue weighted by molar-refractivity contribution is -0.151. The highest BCUT2D eigenvalue weighted by molar-refractivity contribution is 6.00. The van der Waals surface area contributed by atoms with E-state index in [0.717, 1.165) is 0 Å². The lowest BCUT2D eigenvalue weighted by Gasteiger charge is -2.11. The van der Waals surface area contributed by atoms with Gasteiger partial charge in [0, 0.05) is 5.69 Å². The highest BCUT2D eigenvalue weighted by Gasteiger charge is 2.17. The van der Waals surface area contributed by atoms with Crippen LogP contribution in [-0.4, -0.2) is 44.6 Å². The predicted octanol–water partition coefficient (Wildman–Crippen LogP) is 1.79. The van der Waals surface area contributed by atoms with E-state index in [1.807, 2.05) is 6.92 Å². The van der Waals surface area contributed by atoms with Gasteiger partial charge in [-0.05, 0) is 24.6 Å². The molecular formula is C17H21NO7. The zero-order valence-corrected chi connectivity index (χ0v) is 14.6. The fourth-order valence-corrected chi connectivity index (χ4v) is 1.81. The van der Waals surface area contributed by atoms with Crippen LogP contribution in [0.3, 0.4) is 0 Å². The van der Waals surface area contributed by atoms with E-state index in [0.29, 0.717) is 6.42 Å². The molecule has 1 aromatic carbocycles. The minimum Gasteiger partial charge on any atom is -0.465 e. The first-order valence-electron chi connectivity index (χ1n) is 7.60. The van der Waals surface area contributed by atoms with Gasteiger partial charge in [-0.15, -0.1) is 0 Å².